The number of rotatable bonds is 3. The van der Waals surface area contributed by atoms with Crippen molar-refractivity contribution in [3.63, 3.8) is 0 Å². The monoisotopic (exact) mass is 349 g/mol. The first-order valence-electron chi connectivity index (χ1n) is 9.66. The largest absolute Gasteiger partial charge is 0.462 e. The second-order valence-corrected chi connectivity index (χ2v) is 7.71. The quantitative estimate of drug-likeness (QED) is 0.748. The highest BCUT2D eigenvalue weighted by Crippen LogP contribution is 2.54. The molecule has 136 valence electrons. The number of piperidine rings is 1. The molecule has 0 spiro atoms. The molecule has 1 aliphatic carbocycles. The summed E-state index contributed by atoms with van der Waals surface area (Å²) in [4.78, 5) is 14.4. The van der Waals surface area contributed by atoms with Gasteiger partial charge < -0.3 is 4.74 Å². The smallest absolute Gasteiger partial charge is 0.302 e. The fourth-order valence-corrected chi connectivity index (χ4v) is 5.32. The van der Waals surface area contributed by atoms with Crippen molar-refractivity contribution in [1.29, 1.82) is 0 Å². The molecule has 2 fully saturated rings. The molecule has 2 aliphatic rings. The molecule has 3 heteroatoms. The number of fused-ring (bicyclic) bond motifs is 2. The third-order valence-corrected chi connectivity index (χ3v) is 6.19. The third kappa shape index (κ3) is 3.05. The molecular weight excluding hydrogens is 322 g/mol. The fourth-order valence-electron chi connectivity index (χ4n) is 5.32. The third-order valence-electron chi connectivity index (χ3n) is 6.19. The number of hydrogen-bond acceptors (Lipinski definition) is 3. The van der Waals surface area contributed by atoms with Gasteiger partial charge in [0.05, 0.1) is 0 Å². The number of likely N-dealkylation sites (tertiary alicyclic amines) is 1. The summed E-state index contributed by atoms with van der Waals surface area (Å²) in [5, 5.41) is 0. The Hall–Kier alpha value is -2.13. The molecule has 0 N–H and O–H groups in total. The van der Waals surface area contributed by atoms with E-state index in [-0.39, 0.29) is 24.2 Å². The SMILES string of the molecule is CC(=O)OC1[C@H]2CCC[C@@H]1[C@H](c1ccccc1)N(C)[C@@H]2c1ccccc1. The predicted octanol–water partition coefficient (Wildman–Crippen LogP) is 4.76. The summed E-state index contributed by atoms with van der Waals surface area (Å²) in [5.74, 6) is 0.546. The molecule has 0 radical (unpaired) electrons. The zero-order chi connectivity index (χ0) is 18.1. The maximum atomic E-state index is 11.9. The van der Waals surface area contributed by atoms with Crippen LogP contribution in [-0.4, -0.2) is 24.0 Å². The van der Waals surface area contributed by atoms with Crippen LogP contribution < -0.4 is 0 Å². The summed E-state index contributed by atoms with van der Waals surface area (Å²) >= 11 is 0. The van der Waals surface area contributed by atoms with Crippen molar-refractivity contribution in [2.24, 2.45) is 11.8 Å². The lowest BCUT2D eigenvalue weighted by atomic mass is 9.65. The number of benzene rings is 2. The van der Waals surface area contributed by atoms with Crippen molar-refractivity contribution < 1.29 is 9.53 Å². The predicted molar refractivity (Wildman–Crippen MR) is 103 cm³/mol. The van der Waals surface area contributed by atoms with Crippen LogP contribution in [-0.2, 0) is 9.53 Å². The van der Waals surface area contributed by atoms with E-state index in [0.29, 0.717) is 11.8 Å². The van der Waals surface area contributed by atoms with Crippen LogP contribution in [0.2, 0.25) is 0 Å². The van der Waals surface area contributed by atoms with Crippen LogP contribution in [0.5, 0.6) is 0 Å². The van der Waals surface area contributed by atoms with E-state index in [0.717, 1.165) is 12.8 Å². The molecule has 26 heavy (non-hydrogen) atoms. The molecule has 1 saturated carbocycles. The number of esters is 1. The zero-order valence-electron chi connectivity index (χ0n) is 15.5. The number of carbonyl (C=O) groups excluding carboxylic acids is 1. The Labute approximate surface area is 156 Å². The molecule has 0 aromatic heterocycles. The van der Waals surface area contributed by atoms with Crippen LogP contribution in [0.1, 0.15) is 49.4 Å². The number of carbonyl (C=O) groups is 1. The molecule has 1 saturated heterocycles. The van der Waals surface area contributed by atoms with E-state index in [1.807, 2.05) is 0 Å². The van der Waals surface area contributed by atoms with Crippen LogP contribution in [0.3, 0.4) is 0 Å². The number of nitrogens with zero attached hydrogens (tertiary/aromatic N) is 1. The van der Waals surface area contributed by atoms with Crippen LogP contribution in [0.4, 0.5) is 0 Å². The summed E-state index contributed by atoms with van der Waals surface area (Å²) in [6, 6.07) is 21.9. The Morgan fingerprint density at radius 2 is 1.35 bits per heavy atom. The minimum Gasteiger partial charge on any atom is -0.462 e. The molecule has 2 bridgehead atoms. The topological polar surface area (TPSA) is 29.5 Å². The van der Waals surface area contributed by atoms with E-state index >= 15 is 0 Å². The van der Waals surface area contributed by atoms with Gasteiger partial charge in [0.25, 0.3) is 0 Å². The highest BCUT2D eigenvalue weighted by atomic mass is 16.5. The van der Waals surface area contributed by atoms with E-state index in [4.69, 9.17) is 4.74 Å². The Morgan fingerprint density at radius 3 is 1.77 bits per heavy atom. The summed E-state index contributed by atoms with van der Waals surface area (Å²) in [7, 11) is 2.24. The standard InChI is InChI=1S/C23H27NO2/c1-16(25)26-23-19-14-9-15-20(23)22(18-12-7-4-8-13-18)24(2)21(19)17-10-5-3-6-11-17/h3-8,10-13,19-23H,9,14-15H2,1-2H3/t19-,20+,21+,22-,23?. The average Bonchev–Trinajstić information content (AvgIpc) is 2.64. The van der Waals surface area contributed by atoms with Gasteiger partial charge in [0.2, 0.25) is 0 Å². The Kier molecular flexibility index (Phi) is 4.82. The highest BCUT2D eigenvalue weighted by Gasteiger charge is 2.51. The second-order valence-electron chi connectivity index (χ2n) is 7.71. The number of hydrogen-bond donors (Lipinski definition) is 0. The van der Waals surface area contributed by atoms with Crippen LogP contribution in [0, 0.1) is 11.8 Å². The minimum atomic E-state index is -0.157. The molecule has 0 amide bonds. The Morgan fingerprint density at radius 1 is 0.885 bits per heavy atom. The molecule has 3 nitrogen and oxygen atoms in total. The van der Waals surface area contributed by atoms with E-state index in [9.17, 15) is 4.79 Å². The van der Waals surface area contributed by atoms with Crippen molar-refractivity contribution in [3.8, 4) is 0 Å². The van der Waals surface area contributed by atoms with Crippen molar-refractivity contribution in [2.45, 2.75) is 44.4 Å². The molecule has 2 aromatic rings. The van der Waals surface area contributed by atoms with Crippen molar-refractivity contribution in [3.05, 3.63) is 71.8 Å². The average molecular weight is 349 g/mol. The van der Waals surface area contributed by atoms with Gasteiger partial charge in [-0.15, -0.1) is 0 Å². The lowest BCUT2D eigenvalue weighted by Crippen LogP contribution is -2.54. The maximum Gasteiger partial charge on any atom is 0.302 e. The summed E-state index contributed by atoms with van der Waals surface area (Å²) in [6.45, 7) is 1.54. The van der Waals surface area contributed by atoms with E-state index < -0.39 is 0 Å². The van der Waals surface area contributed by atoms with Crippen LogP contribution >= 0.6 is 0 Å². The highest BCUT2D eigenvalue weighted by molar-refractivity contribution is 5.66. The van der Waals surface area contributed by atoms with E-state index in [2.05, 4.69) is 72.6 Å². The minimum absolute atomic E-state index is 0.00661. The molecule has 4 rings (SSSR count). The van der Waals surface area contributed by atoms with Gasteiger partial charge >= 0.3 is 5.97 Å². The second kappa shape index (κ2) is 7.24. The number of ether oxygens (including phenoxy) is 1. The molecular formula is C23H27NO2. The van der Waals surface area contributed by atoms with Gasteiger partial charge in [-0.25, -0.2) is 0 Å². The van der Waals surface area contributed by atoms with Crippen molar-refractivity contribution in [2.75, 3.05) is 7.05 Å². The van der Waals surface area contributed by atoms with Gasteiger partial charge in [0.1, 0.15) is 6.10 Å². The Balaban J connectivity index is 1.80. The lowest BCUT2D eigenvalue weighted by molar-refractivity contribution is -0.172. The molecule has 1 heterocycles. The summed E-state index contributed by atoms with van der Waals surface area (Å²) in [5.41, 5.74) is 2.64. The molecule has 1 aliphatic heterocycles. The Bertz CT molecular complexity index is 690. The van der Waals surface area contributed by atoms with Crippen LogP contribution in [0.15, 0.2) is 60.7 Å². The normalized spacial score (nSPS) is 31.4. The van der Waals surface area contributed by atoms with Gasteiger partial charge in [-0.05, 0) is 31.0 Å². The first-order valence-corrected chi connectivity index (χ1v) is 9.66. The molecule has 1 unspecified atom stereocenters. The molecule has 5 atom stereocenters. The lowest BCUT2D eigenvalue weighted by Gasteiger charge is -2.55. The zero-order valence-corrected chi connectivity index (χ0v) is 15.5. The summed E-state index contributed by atoms with van der Waals surface area (Å²) < 4.78 is 5.94. The van der Waals surface area contributed by atoms with Crippen molar-refractivity contribution in [1.82, 2.24) is 4.90 Å². The van der Waals surface area contributed by atoms with Gasteiger partial charge in [0.15, 0.2) is 0 Å². The fraction of sp³-hybridized carbons (Fsp3) is 0.435. The molecule has 2 aromatic carbocycles. The summed E-state index contributed by atoms with van der Waals surface area (Å²) in [6.07, 6.45) is 3.42. The van der Waals surface area contributed by atoms with E-state index in [1.54, 1.807) is 6.92 Å². The van der Waals surface area contributed by atoms with E-state index in [1.165, 1.54) is 17.5 Å². The van der Waals surface area contributed by atoms with Gasteiger partial charge in [-0.2, -0.15) is 0 Å². The maximum absolute atomic E-state index is 11.9. The first-order chi connectivity index (χ1) is 12.7. The van der Waals surface area contributed by atoms with Crippen molar-refractivity contribution >= 4 is 5.97 Å². The van der Waals surface area contributed by atoms with Gasteiger partial charge in [-0.1, -0.05) is 67.1 Å². The van der Waals surface area contributed by atoms with Gasteiger partial charge in [0, 0.05) is 30.8 Å². The first kappa shape index (κ1) is 17.3. The van der Waals surface area contributed by atoms with Gasteiger partial charge in [-0.3, -0.25) is 9.69 Å². The van der Waals surface area contributed by atoms with Crippen LogP contribution in [0.25, 0.3) is 0 Å².